The van der Waals surface area contributed by atoms with Crippen molar-refractivity contribution in [3.63, 3.8) is 0 Å². The van der Waals surface area contributed by atoms with Crippen LogP contribution in [0, 0.1) is 6.92 Å². The van der Waals surface area contributed by atoms with Crippen LogP contribution in [-0.2, 0) is 11.2 Å². The first-order chi connectivity index (χ1) is 6.16. The number of rotatable bonds is 2. The van der Waals surface area contributed by atoms with Crippen LogP contribution in [0.2, 0.25) is 0 Å². The van der Waals surface area contributed by atoms with Crippen molar-refractivity contribution < 1.29 is 4.79 Å². The molecule has 0 saturated carbocycles. The number of hydrogen-bond acceptors (Lipinski definition) is 3. The van der Waals surface area contributed by atoms with Gasteiger partial charge in [-0.1, -0.05) is 0 Å². The van der Waals surface area contributed by atoms with E-state index in [2.05, 4.69) is 10.4 Å². The molecule has 2 aromatic rings. The molecule has 0 radical (unpaired) electrons. The van der Waals surface area contributed by atoms with E-state index in [1.54, 1.807) is 18.3 Å². The molecule has 68 valence electrons. The van der Waals surface area contributed by atoms with Crippen molar-refractivity contribution in [3.8, 4) is 0 Å². The number of Topliss-reactive ketones (excluding diaryl/α,β-unsaturated/α-hetero) is 1. The number of carbonyl (C=O) groups excluding carboxylic acids is 1. The van der Waals surface area contributed by atoms with E-state index in [-0.39, 0.29) is 5.78 Å². The lowest BCUT2D eigenvalue weighted by Gasteiger charge is -1.87. The molecule has 2 aromatic heterocycles. The highest BCUT2D eigenvalue weighted by molar-refractivity contribution is 7.15. The van der Waals surface area contributed by atoms with E-state index in [0.717, 1.165) is 10.7 Å². The normalized spacial score (nSPS) is 10.9. The summed E-state index contributed by atoms with van der Waals surface area (Å²) in [6.07, 6.45) is 2.37. The van der Waals surface area contributed by atoms with Crippen LogP contribution < -0.4 is 0 Å². The fourth-order valence-electron chi connectivity index (χ4n) is 1.28. The fraction of sp³-hybridized carbons (Fsp3) is 0.333. The highest BCUT2D eigenvalue weighted by Gasteiger charge is 2.06. The highest BCUT2D eigenvalue weighted by Crippen LogP contribution is 2.15. The molecule has 0 bridgehead atoms. The lowest BCUT2D eigenvalue weighted by atomic mass is 10.2. The maximum absolute atomic E-state index is 10.9. The quantitative estimate of drug-likeness (QED) is 0.731. The third-order valence-electron chi connectivity index (χ3n) is 1.87. The number of fused-ring (bicyclic) bond motifs is 1. The van der Waals surface area contributed by atoms with E-state index in [0.29, 0.717) is 6.42 Å². The molecule has 0 aromatic carbocycles. The van der Waals surface area contributed by atoms with Gasteiger partial charge in [0.2, 0.25) is 0 Å². The second kappa shape index (κ2) is 2.96. The van der Waals surface area contributed by atoms with Crippen molar-refractivity contribution >= 4 is 22.1 Å². The molecule has 0 atom stereocenters. The molecule has 0 unspecified atom stereocenters. The van der Waals surface area contributed by atoms with Crippen LogP contribution in [0.3, 0.4) is 0 Å². The lowest BCUT2D eigenvalue weighted by Crippen LogP contribution is -1.95. The Morgan fingerprint density at radius 2 is 2.46 bits per heavy atom. The average Bonchev–Trinajstić information content (AvgIpc) is 2.53. The van der Waals surface area contributed by atoms with Crippen molar-refractivity contribution in [2.45, 2.75) is 20.3 Å². The van der Waals surface area contributed by atoms with Gasteiger partial charge in [0.05, 0.1) is 5.69 Å². The van der Waals surface area contributed by atoms with Gasteiger partial charge >= 0.3 is 0 Å². The summed E-state index contributed by atoms with van der Waals surface area (Å²) < 4.78 is 2.02. The summed E-state index contributed by atoms with van der Waals surface area (Å²) in [5.74, 6) is 0.156. The Hall–Kier alpha value is -1.16. The van der Waals surface area contributed by atoms with Gasteiger partial charge in [-0.15, -0.1) is 11.3 Å². The number of ketones is 1. The molecule has 3 nitrogen and oxygen atoms in total. The smallest absolute Gasteiger partial charge is 0.194 e. The number of hydrogen-bond donors (Lipinski definition) is 0. The summed E-state index contributed by atoms with van der Waals surface area (Å²) in [4.78, 5) is 16.2. The fourth-order valence-corrected chi connectivity index (χ4v) is 2.15. The Morgan fingerprint density at radius 3 is 3.08 bits per heavy atom. The number of thiazole rings is 1. The van der Waals surface area contributed by atoms with Crippen molar-refractivity contribution in [1.29, 1.82) is 0 Å². The van der Waals surface area contributed by atoms with Crippen LogP contribution in [-0.4, -0.2) is 15.2 Å². The van der Waals surface area contributed by atoms with Crippen LogP contribution in [0.15, 0.2) is 11.6 Å². The van der Waals surface area contributed by atoms with E-state index in [1.807, 2.05) is 17.5 Å². The van der Waals surface area contributed by atoms with Gasteiger partial charge in [-0.2, -0.15) is 0 Å². The van der Waals surface area contributed by atoms with E-state index < -0.39 is 0 Å². The molecule has 0 fully saturated rings. The maximum Gasteiger partial charge on any atom is 0.194 e. The second-order valence-electron chi connectivity index (χ2n) is 3.14. The average molecular weight is 194 g/mol. The maximum atomic E-state index is 10.9. The van der Waals surface area contributed by atoms with Crippen LogP contribution in [0.1, 0.15) is 18.3 Å². The van der Waals surface area contributed by atoms with Crippen molar-refractivity contribution in [1.82, 2.24) is 9.38 Å². The number of aromatic nitrogens is 2. The summed E-state index contributed by atoms with van der Waals surface area (Å²) in [5.41, 5.74) is 2.03. The number of carbonyl (C=O) groups is 1. The minimum atomic E-state index is 0.156. The predicted molar refractivity (Wildman–Crippen MR) is 52.2 cm³/mol. The van der Waals surface area contributed by atoms with E-state index in [4.69, 9.17) is 0 Å². The molecule has 0 spiro atoms. The Balaban J connectivity index is 2.44. The van der Waals surface area contributed by atoms with Gasteiger partial charge in [0.25, 0.3) is 0 Å². The molecular weight excluding hydrogens is 184 g/mol. The Morgan fingerprint density at radius 1 is 1.69 bits per heavy atom. The molecular formula is C9H10N2OS. The van der Waals surface area contributed by atoms with Crippen LogP contribution in [0.4, 0.5) is 0 Å². The molecule has 2 heterocycles. The summed E-state index contributed by atoms with van der Waals surface area (Å²) in [6, 6.07) is 0. The Labute approximate surface area is 80.0 Å². The summed E-state index contributed by atoms with van der Waals surface area (Å²) in [7, 11) is 0. The highest BCUT2D eigenvalue weighted by atomic mass is 32.1. The first-order valence-electron chi connectivity index (χ1n) is 4.08. The molecule has 2 rings (SSSR count). The Kier molecular flexibility index (Phi) is 1.92. The van der Waals surface area contributed by atoms with Gasteiger partial charge in [0.15, 0.2) is 4.96 Å². The molecule has 0 N–H and O–H groups in total. The van der Waals surface area contributed by atoms with Gasteiger partial charge in [-0.3, -0.25) is 9.20 Å². The number of imidazole rings is 1. The molecule has 4 heteroatoms. The van der Waals surface area contributed by atoms with Crippen molar-refractivity contribution in [3.05, 3.63) is 23.0 Å². The summed E-state index contributed by atoms with van der Waals surface area (Å²) >= 11 is 1.60. The molecule has 0 saturated heterocycles. The largest absolute Gasteiger partial charge is 0.300 e. The van der Waals surface area contributed by atoms with Crippen molar-refractivity contribution in [2.24, 2.45) is 0 Å². The minimum absolute atomic E-state index is 0.156. The first-order valence-corrected chi connectivity index (χ1v) is 4.96. The monoisotopic (exact) mass is 194 g/mol. The third-order valence-corrected chi connectivity index (χ3v) is 2.83. The standard InChI is InChI=1S/C9H10N2OS/c1-6-5-13-9-10-8(3-7(2)12)4-11(6)9/h4-5H,3H2,1-2H3. The van der Waals surface area contributed by atoms with Gasteiger partial charge in [-0.25, -0.2) is 4.98 Å². The number of nitrogens with zero attached hydrogens (tertiary/aromatic N) is 2. The van der Waals surface area contributed by atoms with Crippen LogP contribution in [0.25, 0.3) is 4.96 Å². The molecule has 0 amide bonds. The van der Waals surface area contributed by atoms with Gasteiger partial charge in [0, 0.05) is 23.7 Å². The van der Waals surface area contributed by atoms with Crippen molar-refractivity contribution in [2.75, 3.05) is 0 Å². The van der Waals surface area contributed by atoms with Crippen LogP contribution >= 0.6 is 11.3 Å². The Bertz CT molecular complexity index is 455. The van der Waals surface area contributed by atoms with Gasteiger partial charge < -0.3 is 0 Å². The first kappa shape index (κ1) is 8.44. The van der Waals surface area contributed by atoms with E-state index >= 15 is 0 Å². The number of aryl methyl sites for hydroxylation is 1. The zero-order chi connectivity index (χ0) is 9.42. The van der Waals surface area contributed by atoms with Gasteiger partial charge in [0.1, 0.15) is 5.78 Å². The molecule has 0 aliphatic rings. The molecule has 0 aliphatic carbocycles. The second-order valence-corrected chi connectivity index (χ2v) is 3.98. The lowest BCUT2D eigenvalue weighted by molar-refractivity contribution is -0.116. The summed E-state index contributed by atoms with van der Waals surface area (Å²) in [6.45, 7) is 3.61. The zero-order valence-electron chi connectivity index (χ0n) is 7.57. The predicted octanol–water partition coefficient (Wildman–Crippen LogP) is 1.84. The third kappa shape index (κ3) is 1.49. The SMILES string of the molecule is CC(=O)Cc1cn2c(C)csc2n1. The van der Waals surface area contributed by atoms with Gasteiger partial charge in [-0.05, 0) is 13.8 Å². The molecule has 13 heavy (non-hydrogen) atoms. The van der Waals surface area contributed by atoms with E-state index in [1.165, 1.54) is 5.69 Å². The minimum Gasteiger partial charge on any atom is -0.300 e. The molecule has 0 aliphatic heterocycles. The zero-order valence-corrected chi connectivity index (χ0v) is 8.39. The van der Waals surface area contributed by atoms with Crippen LogP contribution in [0.5, 0.6) is 0 Å². The van der Waals surface area contributed by atoms with E-state index in [9.17, 15) is 4.79 Å². The topological polar surface area (TPSA) is 34.4 Å². The summed E-state index contributed by atoms with van der Waals surface area (Å²) in [5, 5.41) is 2.06.